The smallest absolute Gasteiger partial charge is 0.256 e. The molecule has 0 fully saturated rings. The molecule has 0 bridgehead atoms. The van der Waals surface area contributed by atoms with Crippen LogP contribution in [0.25, 0.3) is 0 Å². The van der Waals surface area contributed by atoms with Crippen LogP contribution < -0.4 is 21.2 Å². The first-order valence-electron chi connectivity index (χ1n) is 8.56. The second-order valence-electron chi connectivity index (χ2n) is 5.88. The van der Waals surface area contributed by atoms with E-state index in [0.717, 1.165) is 5.56 Å². The minimum absolute atomic E-state index is 0.0257. The summed E-state index contributed by atoms with van der Waals surface area (Å²) in [5.41, 5.74) is 6.78. The van der Waals surface area contributed by atoms with Crippen LogP contribution in [0.15, 0.2) is 84.9 Å². The predicted octanol–water partition coefficient (Wildman–Crippen LogP) is 3.88. The van der Waals surface area contributed by atoms with Gasteiger partial charge in [-0.15, -0.1) is 0 Å². The molecule has 0 saturated heterocycles. The molecule has 1 unspecified atom stereocenters. The molecule has 0 aliphatic carbocycles. The summed E-state index contributed by atoms with van der Waals surface area (Å²) in [6.07, 6.45) is 0. The lowest BCUT2D eigenvalue weighted by atomic mass is 10.1. The number of halogens is 1. The Morgan fingerprint density at radius 3 is 2.29 bits per heavy atom. The monoisotopic (exact) mass is 394 g/mol. The largest absolute Gasteiger partial charge is 0.394 e. The van der Waals surface area contributed by atoms with Crippen molar-refractivity contribution >= 4 is 23.3 Å². The fourth-order valence-corrected chi connectivity index (χ4v) is 2.68. The topological polar surface area (TPSA) is 86.2 Å². The Balaban J connectivity index is 1.68. The van der Waals surface area contributed by atoms with Gasteiger partial charge < -0.3 is 10.2 Å². The molecule has 28 heavy (non-hydrogen) atoms. The Hall–Kier alpha value is -3.19. The zero-order valence-electron chi connectivity index (χ0n) is 14.9. The molecule has 3 aromatic rings. The first-order chi connectivity index (χ1) is 13.6. The third-order valence-electron chi connectivity index (χ3n) is 3.87. The van der Waals surface area contributed by atoms with Gasteiger partial charge >= 0.3 is 0 Å². The molecule has 4 N–H and O–H groups in total. The van der Waals surface area contributed by atoms with Crippen molar-refractivity contribution in [1.29, 1.82) is 5.41 Å². The average Bonchev–Trinajstić information content (AvgIpc) is 2.72. The number of carbonyl (C=O) groups excluding carboxylic acids is 1. The maximum atomic E-state index is 12.4. The van der Waals surface area contributed by atoms with E-state index in [9.17, 15) is 4.79 Å². The summed E-state index contributed by atoms with van der Waals surface area (Å²) in [7, 11) is 0. The predicted molar refractivity (Wildman–Crippen MR) is 109 cm³/mol. The number of benzene rings is 3. The summed E-state index contributed by atoms with van der Waals surface area (Å²) in [6.45, 7) is 0. The number of rotatable bonds is 7. The summed E-state index contributed by atoms with van der Waals surface area (Å²) in [4.78, 5) is 17.8. The third kappa shape index (κ3) is 5.40. The molecule has 142 valence electrons. The van der Waals surface area contributed by atoms with E-state index in [0.29, 0.717) is 16.3 Å². The maximum absolute atomic E-state index is 12.4. The number of hydrogen-bond donors (Lipinski definition) is 4. The number of amides is 1. The second-order valence-corrected chi connectivity index (χ2v) is 6.32. The Bertz CT molecular complexity index is 935. The quantitative estimate of drug-likeness (QED) is 0.278. The summed E-state index contributed by atoms with van der Waals surface area (Å²) >= 11 is 5.94. The van der Waals surface area contributed by atoms with E-state index in [2.05, 4.69) is 16.3 Å². The van der Waals surface area contributed by atoms with Crippen molar-refractivity contribution in [2.75, 3.05) is 0 Å². The number of hydrogen-bond acceptors (Lipinski definition) is 5. The highest BCUT2D eigenvalue weighted by Crippen LogP contribution is 2.17. The van der Waals surface area contributed by atoms with Crippen LogP contribution in [0.2, 0.25) is 5.02 Å². The van der Waals surface area contributed by atoms with Gasteiger partial charge in [-0.3, -0.25) is 10.2 Å². The van der Waals surface area contributed by atoms with Gasteiger partial charge in [0.25, 0.3) is 5.91 Å². The van der Waals surface area contributed by atoms with Crippen molar-refractivity contribution in [3.63, 3.8) is 0 Å². The zero-order chi connectivity index (χ0) is 19.8. The molecule has 0 radical (unpaired) electrons. The molecule has 0 aromatic heterocycles. The fourth-order valence-electron chi connectivity index (χ4n) is 2.50. The van der Waals surface area contributed by atoms with Crippen molar-refractivity contribution < 1.29 is 9.63 Å². The summed E-state index contributed by atoms with van der Waals surface area (Å²) < 4.78 is 0. The lowest BCUT2D eigenvalue weighted by Crippen LogP contribution is -2.46. The Kier molecular flexibility index (Phi) is 6.75. The van der Waals surface area contributed by atoms with Gasteiger partial charge in [-0.25, -0.2) is 5.43 Å². The number of amidine groups is 1. The van der Waals surface area contributed by atoms with Crippen LogP contribution in [-0.4, -0.2) is 11.7 Å². The molecule has 6 nitrogen and oxygen atoms in total. The van der Waals surface area contributed by atoms with Gasteiger partial charge in [0.15, 0.2) is 0 Å². The van der Waals surface area contributed by atoms with Crippen LogP contribution in [-0.2, 0) is 0 Å². The molecule has 1 atom stereocenters. The van der Waals surface area contributed by atoms with Crippen molar-refractivity contribution in [2.45, 2.75) is 6.04 Å². The van der Waals surface area contributed by atoms with Gasteiger partial charge in [0, 0.05) is 16.7 Å². The van der Waals surface area contributed by atoms with Gasteiger partial charge in [-0.05, 0) is 29.8 Å². The first kappa shape index (κ1) is 19.6. The van der Waals surface area contributed by atoms with Crippen LogP contribution in [0.4, 0.5) is 0 Å². The van der Waals surface area contributed by atoms with Crippen molar-refractivity contribution in [3.05, 3.63) is 101 Å². The second kappa shape index (κ2) is 9.66. The van der Waals surface area contributed by atoms with Crippen LogP contribution in [0.1, 0.15) is 22.0 Å². The Morgan fingerprint density at radius 1 is 0.929 bits per heavy atom. The van der Waals surface area contributed by atoms with Crippen molar-refractivity contribution in [3.8, 4) is 5.75 Å². The molecule has 0 saturated carbocycles. The average molecular weight is 395 g/mol. The Morgan fingerprint density at radius 2 is 1.61 bits per heavy atom. The van der Waals surface area contributed by atoms with Gasteiger partial charge in [-0.1, -0.05) is 71.8 Å². The molecular weight excluding hydrogens is 376 g/mol. The highest BCUT2D eigenvalue weighted by atomic mass is 35.5. The zero-order valence-corrected chi connectivity index (χ0v) is 15.6. The Labute approximate surface area is 167 Å². The standard InChI is InChI=1S/C21H19ClN4O2/c22-17-12-7-13-18(14-17)28-26-25-19(15-8-3-1-4-9-15)20(23)24-21(27)16-10-5-2-6-11-16/h1-14,19,25-26H,(H2,23,24,27). The molecule has 0 spiro atoms. The maximum Gasteiger partial charge on any atom is 0.256 e. The number of nitrogens with one attached hydrogen (secondary N) is 4. The first-order valence-corrected chi connectivity index (χ1v) is 8.94. The van der Waals surface area contributed by atoms with Crippen LogP contribution in [0.3, 0.4) is 0 Å². The van der Waals surface area contributed by atoms with Gasteiger partial charge in [-0.2, -0.15) is 0 Å². The summed E-state index contributed by atoms with van der Waals surface area (Å²) in [5.74, 6) is 0.123. The molecule has 7 heteroatoms. The summed E-state index contributed by atoms with van der Waals surface area (Å²) in [6, 6.07) is 24.3. The van der Waals surface area contributed by atoms with E-state index in [1.54, 1.807) is 48.5 Å². The van der Waals surface area contributed by atoms with E-state index in [1.165, 1.54) is 0 Å². The molecule has 0 aliphatic rings. The van der Waals surface area contributed by atoms with Gasteiger partial charge in [0.2, 0.25) is 0 Å². The third-order valence-corrected chi connectivity index (χ3v) is 4.11. The lowest BCUT2D eigenvalue weighted by molar-refractivity contribution is 0.0972. The van der Waals surface area contributed by atoms with Gasteiger partial charge in [0.05, 0.1) is 0 Å². The fraction of sp³-hybridized carbons (Fsp3) is 0.0476. The number of hydrazine groups is 1. The van der Waals surface area contributed by atoms with E-state index in [1.807, 2.05) is 36.4 Å². The van der Waals surface area contributed by atoms with Crippen molar-refractivity contribution in [2.24, 2.45) is 0 Å². The SMILES string of the molecule is N=C(NC(=O)c1ccccc1)C(NNOc1cccc(Cl)c1)c1ccccc1. The molecule has 0 aliphatic heterocycles. The highest BCUT2D eigenvalue weighted by Gasteiger charge is 2.19. The molecule has 3 rings (SSSR count). The van der Waals surface area contributed by atoms with Crippen LogP contribution >= 0.6 is 11.6 Å². The minimum Gasteiger partial charge on any atom is -0.394 e. The van der Waals surface area contributed by atoms with Crippen molar-refractivity contribution in [1.82, 2.24) is 16.3 Å². The van der Waals surface area contributed by atoms with Crippen LogP contribution in [0, 0.1) is 5.41 Å². The normalized spacial score (nSPS) is 11.5. The molecule has 0 heterocycles. The lowest BCUT2D eigenvalue weighted by Gasteiger charge is -2.21. The van der Waals surface area contributed by atoms with E-state index >= 15 is 0 Å². The number of carbonyl (C=O) groups is 1. The summed E-state index contributed by atoms with van der Waals surface area (Å²) in [5, 5.41) is 11.5. The van der Waals surface area contributed by atoms with Crippen LogP contribution in [0.5, 0.6) is 5.75 Å². The molecule has 3 aromatic carbocycles. The van der Waals surface area contributed by atoms with E-state index in [4.69, 9.17) is 21.8 Å². The van der Waals surface area contributed by atoms with E-state index < -0.39 is 6.04 Å². The molecule has 1 amide bonds. The highest BCUT2D eigenvalue weighted by molar-refractivity contribution is 6.30. The molecular formula is C21H19ClN4O2. The van der Waals surface area contributed by atoms with E-state index in [-0.39, 0.29) is 11.7 Å². The minimum atomic E-state index is -0.645. The van der Waals surface area contributed by atoms with Gasteiger partial charge in [0.1, 0.15) is 17.6 Å².